The summed E-state index contributed by atoms with van der Waals surface area (Å²) in [6.07, 6.45) is 0. The first-order valence-electron chi connectivity index (χ1n) is 5.96. The molecule has 20 heavy (non-hydrogen) atoms. The normalized spacial score (nSPS) is 14.1. The number of aliphatic carboxylic acids is 1. The van der Waals surface area contributed by atoms with Crippen molar-refractivity contribution in [2.24, 2.45) is 5.41 Å². The summed E-state index contributed by atoms with van der Waals surface area (Å²) in [7, 11) is -3.96. The highest BCUT2D eigenvalue weighted by Crippen LogP contribution is 2.24. The Hall–Kier alpha value is -1.11. The van der Waals surface area contributed by atoms with Gasteiger partial charge in [0.05, 0.1) is 4.90 Å². The van der Waals surface area contributed by atoms with Crippen LogP contribution in [0.3, 0.4) is 0 Å². The van der Waals surface area contributed by atoms with Crippen LogP contribution in [0.4, 0.5) is 0 Å². The Balaban J connectivity index is 3.24. The molecule has 7 heteroatoms. The number of carboxylic acid groups (broad SMARTS) is 1. The molecule has 0 aliphatic carbocycles. The molecule has 0 bridgehead atoms. The third-order valence-corrected chi connectivity index (χ3v) is 4.63. The summed E-state index contributed by atoms with van der Waals surface area (Å²) in [6, 6.07) is 3.23. The molecule has 0 radical (unpaired) electrons. The molecule has 1 aromatic rings. The van der Waals surface area contributed by atoms with E-state index >= 15 is 0 Å². The molecule has 0 saturated heterocycles. The summed E-state index contributed by atoms with van der Waals surface area (Å²) < 4.78 is 26.9. The van der Waals surface area contributed by atoms with Gasteiger partial charge < -0.3 is 5.11 Å². The van der Waals surface area contributed by atoms with Crippen molar-refractivity contribution in [3.63, 3.8) is 0 Å². The Labute approximate surface area is 124 Å². The Morgan fingerprint density at radius 1 is 1.35 bits per heavy atom. The number of sulfonamides is 1. The minimum absolute atomic E-state index is 0.0134. The van der Waals surface area contributed by atoms with E-state index in [0.717, 1.165) is 0 Å². The van der Waals surface area contributed by atoms with E-state index in [1.807, 2.05) is 0 Å². The average Bonchev–Trinajstić information content (AvgIpc) is 2.27. The van der Waals surface area contributed by atoms with Gasteiger partial charge in [0.1, 0.15) is 6.04 Å². The summed E-state index contributed by atoms with van der Waals surface area (Å²) in [5.74, 6) is -1.22. The number of rotatable bonds is 4. The van der Waals surface area contributed by atoms with Crippen molar-refractivity contribution in [2.75, 3.05) is 0 Å². The molecule has 0 aliphatic rings. The lowest BCUT2D eigenvalue weighted by Gasteiger charge is -2.27. The van der Waals surface area contributed by atoms with Gasteiger partial charge in [-0.05, 0) is 30.0 Å². The van der Waals surface area contributed by atoms with Gasteiger partial charge in [0.25, 0.3) is 0 Å². The smallest absolute Gasteiger partial charge is 0.322 e. The second-order valence-electron chi connectivity index (χ2n) is 5.67. The lowest BCUT2D eigenvalue weighted by atomic mass is 9.88. The molecule has 112 valence electrons. The average molecular weight is 320 g/mol. The van der Waals surface area contributed by atoms with Gasteiger partial charge in [0, 0.05) is 5.02 Å². The third kappa shape index (κ3) is 3.94. The van der Waals surface area contributed by atoms with Crippen molar-refractivity contribution < 1.29 is 18.3 Å². The number of benzene rings is 1. The molecule has 1 aromatic carbocycles. The Kier molecular flexibility index (Phi) is 4.84. The van der Waals surface area contributed by atoms with Crippen molar-refractivity contribution in [1.82, 2.24) is 4.72 Å². The molecule has 1 atom stereocenters. The highest BCUT2D eigenvalue weighted by molar-refractivity contribution is 7.89. The number of carbonyl (C=O) groups is 1. The predicted molar refractivity (Wildman–Crippen MR) is 77.4 cm³/mol. The maximum atomic E-state index is 12.3. The number of nitrogens with one attached hydrogen (secondary N) is 1. The fourth-order valence-corrected chi connectivity index (χ4v) is 3.58. The summed E-state index contributed by atoms with van der Waals surface area (Å²) in [4.78, 5) is 11.2. The zero-order valence-electron chi connectivity index (χ0n) is 11.8. The Morgan fingerprint density at radius 2 is 1.90 bits per heavy atom. The lowest BCUT2D eigenvalue weighted by Crippen LogP contribution is -2.49. The molecule has 5 nitrogen and oxygen atoms in total. The molecule has 1 rings (SSSR count). The van der Waals surface area contributed by atoms with E-state index in [2.05, 4.69) is 4.72 Å². The van der Waals surface area contributed by atoms with Crippen LogP contribution in [0, 0.1) is 12.3 Å². The van der Waals surface area contributed by atoms with Crippen molar-refractivity contribution in [3.8, 4) is 0 Å². The standard InChI is InChI=1S/C13H18ClNO4S/c1-8-5-6-9(14)7-10(8)20(18,19)15-11(12(16)17)13(2,3)4/h5-7,11,15H,1-4H3,(H,16,17)/t11-/m1/s1. The fourth-order valence-electron chi connectivity index (χ4n) is 1.68. The maximum Gasteiger partial charge on any atom is 0.322 e. The predicted octanol–water partition coefficient (Wildman–Crippen LogP) is 2.43. The molecule has 0 aliphatic heterocycles. The topological polar surface area (TPSA) is 83.5 Å². The number of hydrogen-bond acceptors (Lipinski definition) is 3. The second kappa shape index (κ2) is 5.71. The van der Waals surface area contributed by atoms with Crippen LogP contribution in [0.2, 0.25) is 5.02 Å². The summed E-state index contributed by atoms with van der Waals surface area (Å²) in [6.45, 7) is 6.58. The van der Waals surface area contributed by atoms with Gasteiger partial charge in [0.15, 0.2) is 0 Å². The molecule has 0 spiro atoms. The van der Waals surface area contributed by atoms with Crippen LogP contribution in [0.5, 0.6) is 0 Å². The first-order chi connectivity index (χ1) is 8.95. The summed E-state index contributed by atoms with van der Waals surface area (Å²) in [5, 5.41) is 9.47. The molecule has 0 unspecified atom stereocenters. The first-order valence-corrected chi connectivity index (χ1v) is 7.82. The SMILES string of the molecule is Cc1ccc(Cl)cc1S(=O)(=O)N[C@H](C(=O)O)C(C)(C)C. The lowest BCUT2D eigenvalue weighted by molar-refractivity contribution is -0.141. The number of hydrogen-bond donors (Lipinski definition) is 2. The van der Waals surface area contributed by atoms with Crippen LogP contribution in [0.1, 0.15) is 26.3 Å². The zero-order chi connectivity index (χ0) is 15.7. The van der Waals surface area contributed by atoms with E-state index in [1.54, 1.807) is 39.8 Å². The minimum Gasteiger partial charge on any atom is -0.480 e. The van der Waals surface area contributed by atoms with E-state index < -0.39 is 27.4 Å². The highest BCUT2D eigenvalue weighted by Gasteiger charge is 2.35. The van der Waals surface area contributed by atoms with Crippen LogP contribution < -0.4 is 4.72 Å². The molecular weight excluding hydrogens is 302 g/mol. The first kappa shape index (κ1) is 16.9. The number of carboxylic acids is 1. The van der Waals surface area contributed by atoms with Gasteiger partial charge in [-0.1, -0.05) is 38.4 Å². The summed E-state index contributed by atoms with van der Waals surface area (Å²) in [5.41, 5.74) is -0.259. The van der Waals surface area contributed by atoms with Crippen LogP contribution in [0.25, 0.3) is 0 Å². The molecule has 0 aromatic heterocycles. The molecule has 0 heterocycles. The van der Waals surface area contributed by atoms with E-state index in [1.165, 1.54) is 6.07 Å². The quantitative estimate of drug-likeness (QED) is 0.892. The second-order valence-corrected chi connectivity index (χ2v) is 7.79. The molecule has 0 fully saturated rings. The van der Waals surface area contributed by atoms with Crippen LogP contribution in [0.15, 0.2) is 23.1 Å². The van der Waals surface area contributed by atoms with Crippen LogP contribution in [-0.2, 0) is 14.8 Å². The number of halogens is 1. The monoisotopic (exact) mass is 319 g/mol. The molecule has 2 N–H and O–H groups in total. The van der Waals surface area contributed by atoms with E-state index in [4.69, 9.17) is 11.6 Å². The largest absolute Gasteiger partial charge is 0.480 e. The third-order valence-electron chi connectivity index (χ3n) is 2.83. The highest BCUT2D eigenvalue weighted by atomic mass is 35.5. The van der Waals surface area contributed by atoms with Crippen molar-refractivity contribution in [1.29, 1.82) is 0 Å². The van der Waals surface area contributed by atoms with Crippen molar-refractivity contribution in [2.45, 2.75) is 38.6 Å². The van der Waals surface area contributed by atoms with E-state index in [9.17, 15) is 18.3 Å². The van der Waals surface area contributed by atoms with Gasteiger partial charge in [-0.25, -0.2) is 8.42 Å². The van der Waals surface area contributed by atoms with Crippen molar-refractivity contribution in [3.05, 3.63) is 28.8 Å². The van der Waals surface area contributed by atoms with Crippen LogP contribution >= 0.6 is 11.6 Å². The number of aryl methyl sites for hydroxylation is 1. The van der Waals surface area contributed by atoms with Gasteiger partial charge in [0.2, 0.25) is 10.0 Å². The van der Waals surface area contributed by atoms with E-state index in [-0.39, 0.29) is 9.92 Å². The van der Waals surface area contributed by atoms with Gasteiger partial charge in [-0.3, -0.25) is 4.79 Å². The van der Waals surface area contributed by atoms with Crippen LogP contribution in [-0.4, -0.2) is 25.5 Å². The van der Waals surface area contributed by atoms with Gasteiger partial charge in [-0.15, -0.1) is 0 Å². The molecular formula is C13H18ClNO4S. The fraction of sp³-hybridized carbons (Fsp3) is 0.462. The van der Waals surface area contributed by atoms with Gasteiger partial charge in [-0.2, -0.15) is 4.72 Å². The van der Waals surface area contributed by atoms with Gasteiger partial charge >= 0.3 is 5.97 Å². The summed E-state index contributed by atoms with van der Waals surface area (Å²) >= 11 is 5.80. The minimum atomic E-state index is -3.96. The maximum absolute atomic E-state index is 12.3. The van der Waals surface area contributed by atoms with E-state index in [0.29, 0.717) is 5.56 Å². The zero-order valence-corrected chi connectivity index (χ0v) is 13.3. The molecule has 0 saturated carbocycles. The molecule has 0 amide bonds. The Bertz CT molecular complexity index is 620. The van der Waals surface area contributed by atoms with Crippen molar-refractivity contribution >= 4 is 27.6 Å². The Morgan fingerprint density at radius 3 is 2.35 bits per heavy atom.